The van der Waals surface area contributed by atoms with Crippen molar-refractivity contribution in [3.05, 3.63) is 34.6 Å². The van der Waals surface area contributed by atoms with Crippen LogP contribution in [0.3, 0.4) is 0 Å². The number of aromatic nitrogens is 3. The standard InChI is InChI=1S/C14H17ClN4O/c1-5-20-14-17-12(15)16-13(18-14)19(4)11-7-6-9(2)8-10(11)3/h6-8H,5H2,1-4H3. The van der Waals surface area contributed by atoms with E-state index in [0.717, 1.165) is 11.3 Å². The molecule has 5 nitrogen and oxygen atoms in total. The van der Waals surface area contributed by atoms with Crippen LogP contribution in [0.25, 0.3) is 0 Å². The smallest absolute Gasteiger partial charge is 0.322 e. The summed E-state index contributed by atoms with van der Waals surface area (Å²) in [4.78, 5) is 14.2. The highest BCUT2D eigenvalue weighted by Gasteiger charge is 2.13. The Kier molecular flexibility index (Phi) is 4.39. The number of rotatable bonds is 4. The van der Waals surface area contributed by atoms with Crippen molar-refractivity contribution in [3.63, 3.8) is 0 Å². The zero-order chi connectivity index (χ0) is 14.7. The maximum Gasteiger partial charge on any atom is 0.322 e. The molecule has 0 radical (unpaired) electrons. The summed E-state index contributed by atoms with van der Waals surface area (Å²) in [6, 6.07) is 6.42. The normalized spacial score (nSPS) is 10.4. The molecule has 0 unspecified atom stereocenters. The van der Waals surface area contributed by atoms with Crippen LogP contribution in [0.1, 0.15) is 18.1 Å². The quantitative estimate of drug-likeness (QED) is 0.865. The van der Waals surface area contributed by atoms with E-state index in [9.17, 15) is 0 Å². The lowest BCUT2D eigenvalue weighted by Gasteiger charge is -2.20. The first-order valence-electron chi connectivity index (χ1n) is 6.36. The molecule has 1 heterocycles. The van der Waals surface area contributed by atoms with Crippen molar-refractivity contribution in [2.24, 2.45) is 0 Å². The molecule has 0 aliphatic heterocycles. The molecule has 0 N–H and O–H groups in total. The maximum atomic E-state index is 5.91. The Balaban J connectivity index is 2.39. The Hall–Kier alpha value is -1.88. The third-order valence-corrected chi connectivity index (χ3v) is 3.03. The summed E-state index contributed by atoms with van der Waals surface area (Å²) in [6.45, 7) is 6.45. The van der Waals surface area contributed by atoms with E-state index in [1.54, 1.807) is 0 Å². The highest BCUT2D eigenvalue weighted by Crippen LogP contribution is 2.26. The van der Waals surface area contributed by atoms with Crippen molar-refractivity contribution in [2.45, 2.75) is 20.8 Å². The monoisotopic (exact) mass is 292 g/mol. The molecule has 0 saturated carbocycles. The van der Waals surface area contributed by atoms with Gasteiger partial charge in [-0.05, 0) is 44.0 Å². The Morgan fingerprint density at radius 1 is 1.20 bits per heavy atom. The van der Waals surface area contributed by atoms with Gasteiger partial charge in [-0.15, -0.1) is 0 Å². The van der Waals surface area contributed by atoms with E-state index in [1.807, 2.05) is 37.9 Å². The van der Waals surface area contributed by atoms with Crippen LogP contribution >= 0.6 is 11.6 Å². The van der Waals surface area contributed by atoms with Crippen molar-refractivity contribution in [1.82, 2.24) is 15.0 Å². The fraction of sp³-hybridized carbons (Fsp3) is 0.357. The fourth-order valence-corrected chi connectivity index (χ4v) is 2.10. The van der Waals surface area contributed by atoms with Crippen molar-refractivity contribution >= 4 is 23.2 Å². The van der Waals surface area contributed by atoms with Gasteiger partial charge in [-0.3, -0.25) is 0 Å². The number of aryl methyl sites for hydroxylation is 2. The summed E-state index contributed by atoms with van der Waals surface area (Å²) in [5.74, 6) is 0.459. The van der Waals surface area contributed by atoms with Gasteiger partial charge in [-0.25, -0.2) is 0 Å². The Bertz CT molecular complexity index is 618. The summed E-state index contributed by atoms with van der Waals surface area (Å²) in [5.41, 5.74) is 3.37. The molecule has 6 heteroatoms. The molecule has 0 fully saturated rings. The van der Waals surface area contributed by atoms with Gasteiger partial charge in [-0.1, -0.05) is 17.7 Å². The SMILES string of the molecule is CCOc1nc(Cl)nc(N(C)c2ccc(C)cc2C)n1. The number of hydrogen-bond donors (Lipinski definition) is 0. The molecular formula is C14H17ClN4O. The van der Waals surface area contributed by atoms with Crippen molar-refractivity contribution < 1.29 is 4.74 Å². The Morgan fingerprint density at radius 2 is 1.95 bits per heavy atom. The van der Waals surface area contributed by atoms with Crippen molar-refractivity contribution in [3.8, 4) is 6.01 Å². The van der Waals surface area contributed by atoms with Crippen molar-refractivity contribution in [2.75, 3.05) is 18.6 Å². The molecule has 1 aromatic heterocycles. The predicted octanol–water partition coefficient (Wildman–Crippen LogP) is 3.31. The lowest BCUT2D eigenvalue weighted by atomic mass is 10.1. The van der Waals surface area contributed by atoms with Gasteiger partial charge in [0.25, 0.3) is 0 Å². The minimum absolute atomic E-state index is 0.120. The minimum atomic E-state index is 0.120. The van der Waals surface area contributed by atoms with Crippen LogP contribution in [0.2, 0.25) is 5.28 Å². The van der Waals surface area contributed by atoms with Crippen LogP contribution in [0.15, 0.2) is 18.2 Å². The van der Waals surface area contributed by atoms with E-state index in [0.29, 0.717) is 12.6 Å². The van der Waals surface area contributed by atoms with Gasteiger partial charge in [0.05, 0.1) is 6.61 Å². The maximum absolute atomic E-state index is 5.91. The van der Waals surface area contributed by atoms with Crippen LogP contribution in [0.5, 0.6) is 6.01 Å². The largest absolute Gasteiger partial charge is 0.464 e. The number of hydrogen-bond acceptors (Lipinski definition) is 5. The van der Waals surface area contributed by atoms with E-state index < -0.39 is 0 Å². The Morgan fingerprint density at radius 3 is 2.60 bits per heavy atom. The number of ether oxygens (including phenoxy) is 1. The van der Waals surface area contributed by atoms with Gasteiger partial charge in [0, 0.05) is 12.7 Å². The molecule has 0 aliphatic carbocycles. The fourth-order valence-electron chi connectivity index (χ4n) is 1.96. The predicted molar refractivity (Wildman–Crippen MR) is 80.0 cm³/mol. The summed E-state index contributed by atoms with van der Waals surface area (Å²) in [6.07, 6.45) is 0. The average molecular weight is 293 g/mol. The van der Waals surface area contributed by atoms with Gasteiger partial charge in [-0.2, -0.15) is 15.0 Å². The zero-order valence-electron chi connectivity index (χ0n) is 12.0. The summed E-state index contributed by atoms with van der Waals surface area (Å²) in [5, 5.41) is 0.120. The summed E-state index contributed by atoms with van der Waals surface area (Å²) < 4.78 is 5.29. The van der Waals surface area contributed by atoms with Gasteiger partial charge in [0.1, 0.15) is 0 Å². The third-order valence-electron chi connectivity index (χ3n) is 2.86. The van der Waals surface area contributed by atoms with Crippen LogP contribution in [0.4, 0.5) is 11.6 Å². The number of anilines is 2. The van der Waals surface area contributed by atoms with Crippen LogP contribution in [0, 0.1) is 13.8 Å². The minimum Gasteiger partial charge on any atom is -0.464 e. The highest BCUT2D eigenvalue weighted by molar-refractivity contribution is 6.28. The number of nitrogens with zero attached hydrogens (tertiary/aromatic N) is 4. The van der Waals surface area contributed by atoms with Gasteiger partial charge in [0.15, 0.2) is 0 Å². The second-order valence-corrected chi connectivity index (χ2v) is 4.81. The van der Waals surface area contributed by atoms with E-state index >= 15 is 0 Å². The molecule has 0 spiro atoms. The second kappa shape index (κ2) is 6.05. The molecule has 106 valence electrons. The highest BCUT2D eigenvalue weighted by atomic mass is 35.5. The van der Waals surface area contributed by atoms with E-state index in [-0.39, 0.29) is 11.3 Å². The van der Waals surface area contributed by atoms with E-state index in [4.69, 9.17) is 16.3 Å². The van der Waals surface area contributed by atoms with Gasteiger partial charge >= 0.3 is 6.01 Å². The zero-order valence-corrected chi connectivity index (χ0v) is 12.8. The Labute approximate surface area is 123 Å². The number of benzene rings is 1. The average Bonchev–Trinajstić information content (AvgIpc) is 2.37. The molecule has 0 amide bonds. The van der Waals surface area contributed by atoms with Crippen LogP contribution < -0.4 is 9.64 Å². The molecule has 1 aromatic carbocycles. The van der Waals surface area contributed by atoms with Crippen LogP contribution in [-0.4, -0.2) is 28.6 Å². The third kappa shape index (κ3) is 3.17. The molecule has 0 atom stereocenters. The first kappa shape index (κ1) is 14.5. The lowest BCUT2D eigenvalue weighted by molar-refractivity contribution is 0.311. The molecular weight excluding hydrogens is 276 g/mol. The van der Waals surface area contributed by atoms with Crippen LogP contribution in [-0.2, 0) is 0 Å². The van der Waals surface area contributed by atoms with Gasteiger partial charge in [0.2, 0.25) is 11.2 Å². The molecule has 0 bridgehead atoms. The first-order valence-corrected chi connectivity index (χ1v) is 6.74. The first-order chi connectivity index (χ1) is 9.51. The van der Waals surface area contributed by atoms with E-state index in [2.05, 4.69) is 27.9 Å². The number of halogens is 1. The summed E-state index contributed by atoms with van der Waals surface area (Å²) >= 11 is 5.91. The summed E-state index contributed by atoms with van der Waals surface area (Å²) in [7, 11) is 1.89. The van der Waals surface area contributed by atoms with Crippen molar-refractivity contribution in [1.29, 1.82) is 0 Å². The molecule has 20 heavy (non-hydrogen) atoms. The molecule has 2 rings (SSSR count). The topological polar surface area (TPSA) is 51.1 Å². The molecule has 0 aliphatic rings. The second-order valence-electron chi connectivity index (χ2n) is 4.47. The van der Waals surface area contributed by atoms with Gasteiger partial charge < -0.3 is 9.64 Å². The molecule has 0 saturated heterocycles. The lowest BCUT2D eigenvalue weighted by Crippen LogP contribution is -2.15. The molecule has 2 aromatic rings. The van der Waals surface area contributed by atoms with E-state index in [1.165, 1.54) is 5.56 Å².